The molecular formula is C33H33F2N5O3. The third-order valence-electron chi connectivity index (χ3n) is 10.5. The number of pyridine rings is 1. The molecular weight excluding hydrogens is 552 g/mol. The Balaban J connectivity index is 1.24. The minimum Gasteiger partial charge on any atom is -0.481 e. The molecule has 8 nitrogen and oxygen atoms in total. The van der Waals surface area contributed by atoms with Gasteiger partial charge in [0.25, 0.3) is 0 Å². The van der Waals surface area contributed by atoms with Gasteiger partial charge in [-0.3, -0.25) is 14.7 Å². The first-order chi connectivity index (χ1) is 20.9. The van der Waals surface area contributed by atoms with Gasteiger partial charge in [0.2, 0.25) is 0 Å². The van der Waals surface area contributed by atoms with E-state index in [4.69, 9.17) is 9.72 Å². The molecule has 1 unspecified atom stereocenters. The SMILES string of the molecule is O=C(O)C1[C@@H]2CC[C@H]1CN(c1nc(OCC34CCCN3CCC4)nc3c(F)c(-c4cccc5cccc(F)c45)ncc13)C2. The zero-order valence-electron chi connectivity index (χ0n) is 23.8. The van der Waals surface area contributed by atoms with E-state index >= 15 is 8.78 Å². The van der Waals surface area contributed by atoms with Crippen molar-refractivity contribution in [3.05, 3.63) is 54.2 Å². The topological polar surface area (TPSA) is 91.7 Å². The molecule has 0 amide bonds. The van der Waals surface area contributed by atoms with E-state index < -0.39 is 17.6 Å². The van der Waals surface area contributed by atoms with Gasteiger partial charge in [-0.15, -0.1) is 0 Å². The van der Waals surface area contributed by atoms with Crippen LogP contribution in [0.2, 0.25) is 0 Å². The number of carboxylic acid groups (broad SMARTS) is 1. The number of anilines is 1. The van der Waals surface area contributed by atoms with Crippen molar-refractivity contribution in [1.29, 1.82) is 0 Å². The van der Waals surface area contributed by atoms with Gasteiger partial charge in [0.15, 0.2) is 5.82 Å². The monoisotopic (exact) mass is 585 g/mol. The molecule has 8 rings (SSSR count). The lowest BCUT2D eigenvalue weighted by Crippen LogP contribution is -2.45. The molecule has 43 heavy (non-hydrogen) atoms. The molecule has 2 aromatic heterocycles. The number of hydrogen-bond acceptors (Lipinski definition) is 7. The lowest BCUT2D eigenvalue weighted by molar-refractivity contribution is -0.144. The van der Waals surface area contributed by atoms with Crippen LogP contribution in [0.1, 0.15) is 38.5 Å². The lowest BCUT2D eigenvalue weighted by Gasteiger charge is -2.37. The van der Waals surface area contributed by atoms with Gasteiger partial charge in [-0.1, -0.05) is 30.3 Å². The average molecular weight is 586 g/mol. The highest BCUT2D eigenvalue weighted by Crippen LogP contribution is 2.45. The van der Waals surface area contributed by atoms with E-state index in [9.17, 15) is 9.90 Å². The van der Waals surface area contributed by atoms with Gasteiger partial charge >= 0.3 is 12.0 Å². The molecule has 2 bridgehead atoms. The Bertz CT molecular complexity index is 1740. The third kappa shape index (κ3) is 4.24. The van der Waals surface area contributed by atoms with Crippen molar-refractivity contribution in [3.63, 3.8) is 0 Å². The number of ether oxygens (including phenoxy) is 1. The fourth-order valence-corrected chi connectivity index (χ4v) is 8.47. The zero-order valence-corrected chi connectivity index (χ0v) is 23.8. The fourth-order valence-electron chi connectivity index (χ4n) is 8.47. The van der Waals surface area contributed by atoms with E-state index in [0.717, 1.165) is 51.6 Å². The number of carbonyl (C=O) groups is 1. The first kappa shape index (κ1) is 26.7. The summed E-state index contributed by atoms with van der Waals surface area (Å²) in [4.78, 5) is 30.5. The predicted molar refractivity (Wildman–Crippen MR) is 158 cm³/mol. The smallest absolute Gasteiger partial charge is 0.319 e. The van der Waals surface area contributed by atoms with Crippen molar-refractivity contribution < 1.29 is 23.4 Å². The minimum absolute atomic E-state index is 0.00852. The molecule has 222 valence electrons. The summed E-state index contributed by atoms with van der Waals surface area (Å²) in [5.41, 5.74) is 0.391. The van der Waals surface area contributed by atoms with Crippen LogP contribution in [0.4, 0.5) is 14.6 Å². The largest absolute Gasteiger partial charge is 0.481 e. The predicted octanol–water partition coefficient (Wildman–Crippen LogP) is 5.68. The van der Waals surface area contributed by atoms with Crippen LogP contribution >= 0.6 is 0 Å². The number of aromatic nitrogens is 3. The number of nitrogens with zero attached hydrogens (tertiary/aromatic N) is 5. The summed E-state index contributed by atoms with van der Waals surface area (Å²) in [6.45, 7) is 3.56. The molecule has 4 fully saturated rings. The van der Waals surface area contributed by atoms with E-state index in [1.54, 1.807) is 36.5 Å². The molecule has 4 aliphatic rings. The van der Waals surface area contributed by atoms with E-state index in [1.165, 1.54) is 6.07 Å². The molecule has 3 saturated heterocycles. The van der Waals surface area contributed by atoms with Crippen LogP contribution in [0.5, 0.6) is 6.01 Å². The molecule has 0 spiro atoms. The van der Waals surface area contributed by atoms with Crippen LogP contribution < -0.4 is 9.64 Å². The van der Waals surface area contributed by atoms with Crippen molar-refractivity contribution in [3.8, 4) is 17.3 Å². The lowest BCUT2D eigenvalue weighted by atomic mass is 9.85. The summed E-state index contributed by atoms with van der Waals surface area (Å²) in [7, 11) is 0. The Hall–Kier alpha value is -3.92. The highest BCUT2D eigenvalue weighted by atomic mass is 19.1. The molecule has 1 aliphatic carbocycles. The highest BCUT2D eigenvalue weighted by molar-refractivity contribution is 5.99. The van der Waals surface area contributed by atoms with Crippen LogP contribution in [0.3, 0.4) is 0 Å². The van der Waals surface area contributed by atoms with Crippen LogP contribution in [0.25, 0.3) is 32.9 Å². The second kappa shape index (κ2) is 10.1. The molecule has 0 radical (unpaired) electrons. The number of hydrogen-bond donors (Lipinski definition) is 1. The number of halogens is 2. The Morgan fingerprint density at radius 2 is 1.74 bits per heavy atom. The Labute approximate surface area is 247 Å². The summed E-state index contributed by atoms with van der Waals surface area (Å²) in [5.74, 6) is -1.74. The molecule has 2 aromatic carbocycles. The molecule has 1 N–H and O–H groups in total. The van der Waals surface area contributed by atoms with E-state index in [-0.39, 0.29) is 40.5 Å². The van der Waals surface area contributed by atoms with Crippen molar-refractivity contribution in [2.75, 3.05) is 37.7 Å². The van der Waals surface area contributed by atoms with Gasteiger partial charge in [0.05, 0.1) is 16.8 Å². The van der Waals surface area contributed by atoms with Crippen molar-refractivity contribution in [2.24, 2.45) is 17.8 Å². The molecule has 4 aromatic rings. The molecule has 10 heteroatoms. The van der Waals surface area contributed by atoms with Gasteiger partial charge in [0, 0.05) is 30.2 Å². The van der Waals surface area contributed by atoms with E-state index in [1.807, 2.05) is 0 Å². The van der Waals surface area contributed by atoms with Gasteiger partial charge in [-0.25, -0.2) is 8.78 Å². The van der Waals surface area contributed by atoms with Crippen molar-refractivity contribution >= 4 is 33.5 Å². The summed E-state index contributed by atoms with van der Waals surface area (Å²) >= 11 is 0. The summed E-state index contributed by atoms with van der Waals surface area (Å²) in [6, 6.07) is 10.1. The van der Waals surface area contributed by atoms with Crippen LogP contribution in [-0.2, 0) is 4.79 Å². The number of aliphatic carboxylic acids is 1. The number of piperidine rings is 1. The minimum atomic E-state index is -0.750. The van der Waals surface area contributed by atoms with Crippen molar-refractivity contribution in [1.82, 2.24) is 19.9 Å². The molecule has 5 heterocycles. The third-order valence-corrected chi connectivity index (χ3v) is 10.5. The van der Waals surface area contributed by atoms with Crippen LogP contribution in [0.15, 0.2) is 42.6 Å². The van der Waals surface area contributed by atoms with Gasteiger partial charge < -0.3 is 14.7 Å². The summed E-state index contributed by atoms with van der Waals surface area (Å²) in [6.07, 6.45) is 7.59. The molecule has 3 atom stereocenters. The zero-order chi connectivity index (χ0) is 29.3. The maximum atomic E-state index is 16.6. The standard InChI is InChI=1S/C33H33F2N5O3/c34-24-8-2-6-19-5-1-7-22(26(19)24)28-27(35)29-23(15-36-28)30(39-16-20-9-10-21(17-39)25(20)31(41)42)38-32(37-29)43-18-33-11-3-13-40(33)14-4-12-33/h1-2,5-8,15,20-21,25H,3-4,9-14,16-18H2,(H,41,42)/t20-,21+,25?. The second-order valence-electron chi connectivity index (χ2n) is 12.7. The maximum Gasteiger partial charge on any atom is 0.319 e. The number of carboxylic acids is 1. The van der Waals surface area contributed by atoms with Gasteiger partial charge in [-0.05, 0) is 74.9 Å². The van der Waals surface area contributed by atoms with Crippen LogP contribution in [0, 0.1) is 29.4 Å². The first-order valence-corrected chi connectivity index (χ1v) is 15.3. The van der Waals surface area contributed by atoms with Crippen molar-refractivity contribution in [2.45, 2.75) is 44.1 Å². The van der Waals surface area contributed by atoms with E-state index in [2.05, 4.69) is 19.8 Å². The number of rotatable bonds is 6. The van der Waals surface area contributed by atoms with E-state index in [0.29, 0.717) is 47.2 Å². The Morgan fingerprint density at radius 1 is 1.02 bits per heavy atom. The van der Waals surface area contributed by atoms with Gasteiger partial charge in [0.1, 0.15) is 29.5 Å². The second-order valence-corrected chi connectivity index (χ2v) is 12.7. The fraction of sp³-hybridized carbons (Fsp3) is 0.455. The Morgan fingerprint density at radius 3 is 2.47 bits per heavy atom. The Kier molecular flexibility index (Phi) is 6.25. The summed E-state index contributed by atoms with van der Waals surface area (Å²) < 4.78 is 37.9. The van der Waals surface area contributed by atoms with Crippen LogP contribution in [-0.4, -0.2) is 69.3 Å². The normalized spacial score (nSPS) is 24.6. The average Bonchev–Trinajstić information content (AvgIpc) is 3.67. The number of benzene rings is 2. The summed E-state index contributed by atoms with van der Waals surface area (Å²) in [5, 5.41) is 11.2. The quantitative estimate of drug-likeness (QED) is 0.309. The first-order valence-electron chi connectivity index (χ1n) is 15.3. The molecule has 3 aliphatic heterocycles. The van der Waals surface area contributed by atoms with Gasteiger partial charge in [-0.2, -0.15) is 9.97 Å². The highest BCUT2D eigenvalue weighted by Gasteiger charge is 2.47. The number of fused-ring (bicyclic) bond motifs is 5. The molecule has 1 saturated carbocycles. The maximum absolute atomic E-state index is 16.6.